The fourth-order valence-corrected chi connectivity index (χ4v) is 6.94. The van der Waals surface area contributed by atoms with Gasteiger partial charge in [0, 0.05) is 30.5 Å². The summed E-state index contributed by atoms with van der Waals surface area (Å²) >= 11 is 0. The Labute approximate surface area is 247 Å². The van der Waals surface area contributed by atoms with Crippen LogP contribution < -0.4 is 10.5 Å². The molecule has 2 aromatic rings. The van der Waals surface area contributed by atoms with Crippen molar-refractivity contribution in [2.45, 2.75) is 63.4 Å². The average molecular weight is 607 g/mol. The number of allylic oxidation sites excluding steroid dienone is 1. The number of rotatable bonds is 9. The fourth-order valence-electron chi connectivity index (χ4n) is 6.94. The SMILES string of the molecule is CB(O)NC1CC1C(CCN1CC[C@@]2(C=Cc3ccccc32)[C@@H](C)C1)C(=O)NCc1cc(C(F)(F)F)cc(C(F)(F)F)c1. The lowest BCUT2D eigenvalue weighted by molar-refractivity contribution is -0.143. The number of piperidine rings is 1. The number of hydrogen-bond acceptors (Lipinski definition) is 4. The van der Waals surface area contributed by atoms with E-state index in [9.17, 15) is 36.2 Å². The van der Waals surface area contributed by atoms with E-state index in [2.05, 4.69) is 52.7 Å². The summed E-state index contributed by atoms with van der Waals surface area (Å²) in [6.07, 6.45) is -3.36. The summed E-state index contributed by atoms with van der Waals surface area (Å²) in [5.41, 5.74) is -0.539. The van der Waals surface area contributed by atoms with Crippen LogP contribution in [0, 0.1) is 17.8 Å². The van der Waals surface area contributed by atoms with Crippen molar-refractivity contribution in [3.05, 3.63) is 76.4 Å². The summed E-state index contributed by atoms with van der Waals surface area (Å²) in [5, 5.41) is 15.4. The third kappa shape index (κ3) is 6.96. The molecule has 1 saturated carbocycles. The number of nitrogens with one attached hydrogen (secondary N) is 2. The van der Waals surface area contributed by atoms with Gasteiger partial charge < -0.3 is 20.5 Å². The maximum absolute atomic E-state index is 13.4. The Morgan fingerprint density at radius 3 is 2.42 bits per heavy atom. The van der Waals surface area contributed by atoms with E-state index in [-0.39, 0.29) is 29.0 Å². The Bertz CT molecular complexity index is 1330. The highest BCUT2D eigenvalue weighted by molar-refractivity contribution is 6.45. The molecule has 5 nitrogen and oxygen atoms in total. The van der Waals surface area contributed by atoms with Crippen LogP contribution in [0.4, 0.5) is 26.3 Å². The molecule has 1 saturated heterocycles. The number of nitrogens with zero attached hydrogens (tertiary/aromatic N) is 1. The van der Waals surface area contributed by atoms with Crippen molar-refractivity contribution < 1.29 is 36.2 Å². The van der Waals surface area contributed by atoms with Crippen LogP contribution in [0.1, 0.15) is 54.0 Å². The Hall–Kier alpha value is -2.83. The van der Waals surface area contributed by atoms with Gasteiger partial charge >= 0.3 is 19.4 Å². The van der Waals surface area contributed by atoms with Gasteiger partial charge in [-0.2, -0.15) is 26.3 Å². The Morgan fingerprint density at radius 1 is 1.12 bits per heavy atom. The number of amides is 1. The Morgan fingerprint density at radius 2 is 1.79 bits per heavy atom. The summed E-state index contributed by atoms with van der Waals surface area (Å²) in [4.78, 5) is 15.7. The summed E-state index contributed by atoms with van der Waals surface area (Å²) in [6, 6.07) is 9.67. The van der Waals surface area contributed by atoms with Crippen LogP contribution in [0.5, 0.6) is 0 Å². The summed E-state index contributed by atoms with van der Waals surface area (Å²) < 4.78 is 79.9. The standard InChI is InChI=1S/C31H36BF6N3O2/c1-19-18-41(12-10-29(19)9-7-21-5-3-4-6-26(21)29)11-8-24(25-16-27(25)40-32(2)43)28(42)39-17-20-13-22(30(33,34)35)15-23(14-20)31(36,37)38/h3-7,9,13-15,19,24-25,27,40,43H,8,10-12,16-18H2,1-2H3,(H,39,42)/t19-,24?,25?,27?,29-/m0/s1. The molecule has 2 aliphatic carbocycles. The van der Waals surface area contributed by atoms with Gasteiger partial charge in [0.2, 0.25) is 5.91 Å². The van der Waals surface area contributed by atoms with Gasteiger partial charge in [0.15, 0.2) is 0 Å². The zero-order valence-corrected chi connectivity index (χ0v) is 24.1. The minimum atomic E-state index is -4.96. The van der Waals surface area contributed by atoms with E-state index in [1.807, 2.05) is 6.07 Å². The van der Waals surface area contributed by atoms with Crippen molar-refractivity contribution in [1.82, 2.24) is 15.4 Å². The van der Waals surface area contributed by atoms with Gasteiger partial charge in [-0.05, 0) is 85.9 Å². The first-order chi connectivity index (χ1) is 20.2. The maximum Gasteiger partial charge on any atom is 0.416 e. The van der Waals surface area contributed by atoms with E-state index in [1.54, 1.807) is 6.82 Å². The molecule has 12 heteroatoms. The van der Waals surface area contributed by atoms with Gasteiger partial charge in [0.05, 0.1) is 11.1 Å². The van der Waals surface area contributed by atoms with Crippen molar-refractivity contribution in [3.63, 3.8) is 0 Å². The quantitative estimate of drug-likeness (QED) is 0.252. The van der Waals surface area contributed by atoms with Crippen molar-refractivity contribution >= 4 is 19.0 Å². The number of carbonyl (C=O) groups is 1. The highest BCUT2D eigenvalue weighted by Gasteiger charge is 2.47. The molecule has 232 valence electrons. The molecule has 1 amide bonds. The molecule has 1 heterocycles. The molecule has 1 aliphatic heterocycles. The van der Waals surface area contributed by atoms with Crippen molar-refractivity contribution in [1.29, 1.82) is 0 Å². The number of carbonyl (C=O) groups excluding carboxylic acids is 1. The van der Waals surface area contributed by atoms with Crippen LogP contribution in [0.2, 0.25) is 6.82 Å². The van der Waals surface area contributed by atoms with Gasteiger partial charge in [-0.25, -0.2) is 0 Å². The van der Waals surface area contributed by atoms with Crippen molar-refractivity contribution in [2.24, 2.45) is 17.8 Å². The molecule has 2 aromatic carbocycles. The number of halogens is 6. The highest BCUT2D eigenvalue weighted by Crippen LogP contribution is 2.47. The molecule has 43 heavy (non-hydrogen) atoms. The molecule has 5 rings (SSSR count). The molecule has 3 aliphatic rings. The zero-order chi connectivity index (χ0) is 31.2. The molecule has 5 atom stereocenters. The lowest BCUT2D eigenvalue weighted by atomic mass is 9.68. The number of hydrogen-bond donors (Lipinski definition) is 3. The third-order valence-electron chi connectivity index (χ3n) is 9.29. The van der Waals surface area contributed by atoms with Crippen molar-refractivity contribution in [2.75, 3.05) is 19.6 Å². The molecule has 1 spiro atoms. The lowest BCUT2D eigenvalue weighted by Crippen LogP contribution is -2.48. The average Bonchev–Trinajstić information content (AvgIpc) is 3.57. The predicted octanol–water partition coefficient (Wildman–Crippen LogP) is 5.74. The largest absolute Gasteiger partial charge is 0.437 e. The number of alkyl halides is 6. The van der Waals surface area contributed by atoms with Crippen molar-refractivity contribution in [3.8, 4) is 0 Å². The second kappa shape index (κ2) is 11.9. The summed E-state index contributed by atoms with van der Waals surface area (Å²) in [7, 11) is -0.772. The Balaban J connectivity index is 1.25. The first-order valence-corrected chi connectivity index (χ1v) is 14.7. The third-order valence-corrected chi connectivity index (χ3v) is 9.29. The van der Waals surface area contributed by atoms with Gasteiger partial charge in [0.1, 0.15) is 0 Å². The van der Waals surface area contributed by atoms with E-state index >= 15 is 0 Å². The highest BCUT2D eigenvalue weighted by atomic mass is 19.4. The van der Waals surface area contributed by atoms with Gasteiger partial charge in [-0.15, -0.1) is 0 Å². The minimum absolute atomic E-state index is 0.0210. The molecule has 0 bridgehead atoms. The molecule has 3 unspecified atom stereocenters. The van der Waals surface area contributed by atoms with Crippen LogP contribution in [-0.2, 0) is 29.1 Å². The smallest absolute Gasteiger partial charge is 0.416 e. The lowest BCUT2D eigenvalue weighted by Gasteiger charge is -2.44. The zero-order valence-electron chi connectivity index (χ0n) is 24.1. The first-order valence-electron chi connectivity index (χ1n) is 14.7. The van der Waals surface area contributed by atoms with Gasteiger partial charge in [0.25, 0.3) is 0 Å². The van der Waals surface area contributed by atoms with E-state index in [0.717, 1.165) is 19.5 Å². The summed E-state index contributed by atoms with van der Waals surface area (Å²) in [6.45, 7) is 5.65. The molecular weight excluding hydrogens is 571 g/mol. The van der Waals surface area contributed by atoms with E-state index < -0.39 is 48.9 Å². The van der Waals surface area contributed by atoms with Gasteiger partial charge in [-0.3, -0.25) is 4.79 Å². The van der Waals surface area contributed by atoms with Crippen LogP contribution >= 0.6 is 0 Å². The predicted molar refractivity (Wildman–Crippen MR) is 153 cm³/mol. The minimum Gasteiger partial charge on any atom is -0.437 e. The molecular formula is C31H36BF6N3O2. The molecule has 0 radical (unpaired) electrons. The normalized spacial score (nSPS) is 25.9. The van der Waals surface area contributed by atoms with Gasteiger partial charge in [-0.1, -0.05) is 43.3 Å². The second-order valence-corrected chi connectivity index (χ2v) is 12.3. The van der Waals surface area contributed by atoms with Crippen LogP contribution in [0.25, 0.3) is 6.08 Å². The Kier molecular flexibility index (Phi) is 8.77. The van der Waals surface area contributed by atoms with Crippen LogP contribution in [0.15, 0.2) is 48.5 Å². The molecule has 3 N–H and O–H groups in total. The van der Waals surface area contributed by atoms with Crippen LogP contribution in [-0.4, -0.2) is 48.6 Å². The van der Waals surface area contributed by atoms with E-state index in [0.29, 0.717) is 37.4 Å². The van der Waals surface area contributed by atoms with Crippen LogP contribution in [0.3, 0.4) is 0 Å². The second-order valence-electron chi connectivity index (χ2n) is 12.3. The topological polar surface area (TPSA) is 64.6 Å². The first kappa shape index (κ1) is 31.6. The molecule has 2 fully saturated rings. The van der Waals surface area contributed by atoms with E-state index in [4.69, 9.17) is 0 Å². The monoisotopic (exact) mass is 607 g/mol. The number of likely N-dealkylation sites (tertiary alicyclic amines) is 1. The number of fused-ring (bicyclic) bond motifs is 2. The number of benzene rings is 2. The summed E-state index contributed by atoms with van der Waals surface area (Å²) in [5.74, 6) is -0.690. The maximum atomic E-state index is 13.4. The molecule has 0 aromatic heterocycles. The fraction of sp³-hybridized carbons (Fsp3) is 0.516. The van der Waals surface area contributed by atoms with E-state index in [1.165, 1.54) is 11.1 Å².